The highest BCUT2D eigenvalue weighted by Gasteiger charge is 2.13. The number of nitrogens with one attached hydrogen (secondary N) is 1. The predicted molar refractivity (Wildman–Crippen MR) is 99.9 cm³/mol. The predicted octanol–water partition coefficient (Wildman–Crippen LogP) is 3.72. The van der Waals surface area contributed by atoms with E-state index in [1.807, 2.05) is 24.3 Å². The van der Waals surface area contributed by atoms with Gasteiger partial charge in [-0.1, -0.05) is 46.5 Å². The highest BCUT2D eigenvalue weighted by Crippen LogP contribution is 2.33. The quantitative estimate of drug-likeness (QED) is 0.659. The van der Waals surface area contributed by atoms with Gasteiger partial charge in [0.15, 0.2) is 11.5 Å². The Hall–Kier alpha value is -2.51. The molecule has 136 valence electrons. The molecule has 7 nitrogen and oxygen atoms in total. The van der Waals surface area contributed by atoms with Crippen LogP contribution in [0.1, 0.15) is 11.1 Å². The summed E-state index contributed by atoms with van der Waals surface area (Å²) in [7, 11) is 3.30. The number of halogens is 2. The van der Waals surface area contributed by atoms with Crippen LogP contribution in [0.3, 0.4) is 0 Å². The van der Waals surface area contributed by atoms with Crippen LogP contribution in [-0.4, -0.2) is 27.3 Å². The average Bonchev–Trinajstić information content (AvgIpc) is 3.04. The van der Waals surface area contributed by atoms with Crippen molar-refractivity contribution in [3.8, 4) is 11.5 Å². The fourth-order valence-corrected chi connectivity index (χ4v) is 2.81. The molecule has 0 fully saturated rings. The van der Waals surface area contributed by atoms with Crippen molar-refractivity contribution in [2.75, 3.05) is 12.4 Å². The fourth-order valence-electron chi connectivity index (χ4n) is 2.34. The zero-order chi connectivity index (χ0) is 18.5. The zero-order valence-electron chi connectivity index (χ0n) is 14.2. The number of anilines is 1. The fraction of sp³-hybridized carbons (Fsp3) is 0.235. The van der Waals surface area contributed by atoms with Crippen molar-refractivity contribution in [3.05, 3.63) is 57.6 Å². The molecule has 0 unspecified atom stereocenters. The summed E-state index contributed by atoms with van der Waals surface area (Å²) in [4.78, 5) is 1.38. The standard InChI is InChI=1S/C17H17Cl2N5O2/c1-24-22-17(21-23-24)20-9-11-4-3-5-15(25-2)16(11)26-10-12-6-7-13(18)8-14(12)19/h3-8H,9-10H2,1-2H3,(H,20,22). The van der Waals surface area contributed by atoms with Crippen LogP contribution in [0.2, 0.25) is 10.0 Å². The molecule has 1 aromatic heterocycles. The second-order valence-electron chi connectivity index (χ2n) is 5.43. The number of ether oxygens (including phenoxy) is 2. The molecule has 0 saturated carbocycles. The highest BCUT2D eigenvalue weighted by molar-refractivity contribution is 6.35. The summed E-state index contributed by atoms with van der Waals surface area (Å²) in [6, 6.07) is 11.0. The first-order valence-corrected chi connectivity index (χ1v) is 8.53. The van der Waals surface area contributed by atoms with E-state index in [-0.39, 0.29) is 6.61 Å². The Morgan fingerprint density at radius 2 is 2.00 bits per heavy atom. The summed E-state index contributed by atoms with van der Waals surface area (Å²) in [6.07, 6.45) is 0. The summed E-state index contributed by atoms with van der Waals surface area (Å²) in [5, 5.41) is 16.0. The Morgan fingerprint density at radius 1 is 1.15 bits per heavy atom. The third kappa shape index (κ3) is 4.36. The molecule has 0 amide bonds. The topological polar surface area (TPSA) is 74.1 Å². The number of aromatic nitrogens is 4. The summed E-state index contributed by atoms with van der Waals surface area (Å²) < 4.78 is 11.4. The van der Waals surface area contributed by atoms with Crippen LogP contribution in [0.15, 0.2) is 36.4 Å². The van der Waals surface area contributed by atoms with Crippen LogP contribution in [-0.2, 0) is 20.2 Å². The molecule has 0 aliphatic heterocycles. The number of methoxy groups -OCH3 is 1. The lowest BCUT2D eigenvalue weighted by Gasteiger charge is -2.16. The molecule has 9 heteroatoms. The van der Waals surface area contributed by atoms with Gasteiger partial charge in [0, 0.05) is 27.7 Å². The lowest BCUT2D eigenvalue weighted by Crippen LogP contribution is -2.06. The maximum Gasteiger partial charge on any atom is 0.263 e. The first kappa shape index (κ1) is 18.3. The van der Waals surface area contributed by atoms with Gasteiger partial charge >= 0.3 is 0 Å². The molecule has 0 radical (unpaired) electrons. The first-order valence-electron chi connectivity index (χ1n) is 7.77. The number of rotatable bonds is 7. The summed E-state index contributed by atoms with van der Waals surface area (Å²) >= 11 is 12.2. The van der Waals surface area contributed by atoms with Gasteiger partial charge in [0.2, 0.25) is 0 Å². The Kier molecular flexibility index (Phi) is 5.80. The first-order chi connectivity index (χ1) is 12.6. The maximum absolute atomic E-state index is 6.22. The third-order valence-electron chi connectivity index (χ3n) is 3.61. The minimum absolute atomic E-state index is 0.284. The van der Waals surface area contributed by atoms with E-state index in [4.69, 9.17) is 32.7 Å². The van der Waals surface area contributed by atoms with E-state index in [9.17, 15) is 0 Å². The Morgan fingerprint density at radius 3 is 2.69 bits per heavy atom. The minimum atomic E-state index is 0.284. The van der Waals surface area contributed by atoms with E-state index in [0.717, 1.165) is 11.1 Å². The largest absolute Gasteiger partial charge is 0.493 e. The second-order valence-corrected chi connectivity index (χ2v) is 6.27. The van der Waals surface area contributed by atoms with Crippen LogP contribution in [0.5, 0.6) is 11.5 Å². The van der Waals surface area contributed by atoms with Gasteiger partial charge in [0.1, 0.15) is 6.61 Å². The van der Waals surface area contributed by atoms with Crippen LogP contribution < -0.4 is 14.8 Å². The van der Waals surface area contributed by atoms with Crippen molar-refractivity contribution in [2.45, 2.75) is 13.2 Å². The SMILES string of the molecule is COc1cccc(CNc2nnn(C)n2)c1OCc1ccc(Cl)cc1Cl. The van der Waals surface area contributed by atoms with Crippen molar-refractivity contribution in [1.29, 1.82) is 0 Å². The molecular weight excluding hydrogens is 377 g/mol. The molecule has 0 atom stereocenters. The van der Waals surface area contributed by atoms with Crippen LogP contribution >= 0.6 is 23.2 Å². The molecule has 0 aliphatic carbocycles. The number of nitrogens with zero attached hydrogens (tertiary/aromatic N) is 4. The number of hydrogen-bond donors (Lipinski definition) is 1. The number of benzene rings is 2. The van der Waals surface area contributed by atoms with Gasteiger partial charge in [-0.25, -0.2) is 0 Å². The minimum Gasteiger partial charge on any atom is -0.493 e. The second kappa shape index (κ2) is 8.25. The molecule has 0 saturated heterocycles. The van der Waals surface area contributed by atoms with Crippen molar-refractivity contribution < 1.29 is 9.47 Å². The third-order valence-corrected chi connectivity index (χ3v) is 4.20. The van der Waals surface area contributed by atoms with Crippen molar-refractivity contribution >= 4 is 29.2 Å². The van der Waals surface area contributed by atoms with E-state index in [0.29, 0.717) is 34.0 Å². The monoisotopic (exact) mass is 393 g/mol. The van der Waals surface area contributed by atoms with Gasteiger partial charge in [0.05, 0.1) is 14.2 Å². The normalized spacial score (nSPS) is 10.6. The number of para-hydroxylation sites is 1. The zero-order valence-corrected chi connectivity index (χ0v) is 15.8. The van der Waals surface area contributed by atoms with Gasteiger partial charge in [-0.3, -0.25) is 0 Å². The summed E-state index contributed by atoms with van der Waals surface area (Å²) in [5.74, 6) is 1.68. The lowest BCUT2D eigenvalue weighted by molar-refractivity contribution is 0.282. The Labute approximate surface area is 160 Å². The molecule has 0 bridgehead atoms. The van der Waals surface area contributed by atoms with Crippen LogP contribution in [0, 0.1) is 0 Å². The molecule has 0 aliphatic rings. The van der Waals surface area contributed by atoms with Crippen molar-refractivity contribution in [3.63, 3.8) is 0 Å². The highest BCUT2D eigenvalue weighted by atomic mass is 35.5. The molecule has 1 N–H and O–H groups in total. The van der Waals surface area contributed by atoms with E-state index in [2.05, 4.69) is 20.7 Å². The van der Waals surface area contributed by atoms with E-state index >= 15 is 0 Å². The summed E-state index contributed by atoms with van der Waals surface area (Å²) in [5.41, 5.74) is 1.72. The maximum atomic E-state index is 6.22. The van der Waals surface area contributed by atoms with Crippen LogP contribution in [0.25, 0.3) is 0 Å². The number of aryl methyl sites for hydroxylation is 1. The molecule has 26 heavy (non-hydrogen) atoms. The Balaban J connectivity index is 1.77. The van der Waals surface area contributed by atoms with Gasteiger partial charge in [0.25, 0.3) is 5.95 Å². The number of hydrogen-bond acceptors (Lipinski definition) is 6. The molecule has 1 heterocycles. The van der Waals surface area contributed by atoms with Crippen molar-refractivity contribution in [2.24, 2.45) is 7.05 Å². The number of tetrazole rings is 1. The van der Waals surface area contributed by atoms with E-state index in [1.54, 1.807) is 26.3 Å². The van der Waals surface area contributed by atoms with Gasteiger partial charge in [-0.2, -0.15) is 4.80 Å². The van der Waals surface area contributed by atoms with Crippen LogP contribution in [0.4, 0.5) is 5.95 Å². The van der Waals surface area contributed by atoms with E-state index in [1.165, 1.54) is 4.80 Å². The summed E-state index contributed by atoms with van der Waals surface area (Å²) in [6.45, 7) is 0.735. The molecule has 0 spiro atoms. The molecular formula is C17H17Cl2N5O2. The lowest BCUT2D eigenvalue weighted by atomic mass is 10.1. The average molecular weight is 394 g/mol. The molecule has 3 aromatic rings. The van der Waals surface area contributed by atoms with Gasteiger partial charge in [-0.15, -0.1) is 5.10 Å². The van der Waals surface area contributed by atoms with Gasteiger partial charge < -0.3 is 14.8 Å². The molecule has 3 rings (SSSR count). The van der Waals surface area contributed by atoms with Gasteiger partial charge in [-0.05, 0) is 23.4 Å². The van der Waals surface area contributed by atoms with E-state index < -0.39 is 0 Å². The smallest absolute Gasteiger partial charge is 0.263 e. The molecule has 2 aromatic carbocycles. The van der Waals surface area contributed by atoms with Crippen molar-refractivity contribution in [1.82, 2.24) is 20.2 Å². The Bertz CT molecular complexity index is 901.